The van der Waals surface area contributed by atoms with Gasteiger partial charge >= 0.3 is 0 Å². The van der Waals surface area contributed by atoms with Crippen molar-refractivity contribution in [3.63, 3.8) is 0 Å². The van der Waals surface area contributed by atoms with Gasteiger partial charge in [-0.25, -0.2) is 8.42 Å². The van der Waals surface area contributed by atoms with E-state index in [0.717, 1.165) is 37.1 Å². The summed E-state index contributed by atoms with van der Waals surface area (Å²) < 4.78 is 30.6. The molecule has 0 aliphatic heterocycles. The monoisotopic (exact) mass is 405 g/mol. The molecule has 2 N–H and O–H groups in total. The van der Waals surface area contributed by atoms with Crippen LogP contribution in [0.2, 0.25) is 0 Å². The minimum Gasteiger partial charge on any atom is -0.492 e. The molecule has 0 saturated heterocycles. The molecule has 2 aromatic rings. The smallest absolute Gasteiger partial charge is 0.251 e. The molecule has 0 fully saturated rings. The van der Waals surface area contributed by atoms with Crippen LogP contribution in [0, 0.1) is 0 Å². The lowest BCUT2D eigenvalue weighted by atomic mass is 10.1. The molecule has 0 aromatic heterocycles. The Bertz CT molecular complexity index is 865. The van der Waals surface area contributed by atoms with E-state index in [0.29, 0.717) is 17.9 Å². The van der Waals surface area contributed by atoms with Crippen LogP contribution in [-0.2, 0) is 16.4 Å². The summed E-state index contributed by atoms with van der Waals surface area (Å²) in [6.45, 7) is 2.18. The Kier molecular flexibility index (Phi) is 7.83. The Morgan fingerprint density at radius 3 is 2.25 bits per heavy atom. The average molecular weight is 406 g/mol. The number of rotatable bonds is 10. The Balaban J connectivity index is 1.71. The lowest BCUT2D eigenvalue weighted by Crippen LogP contribution is -2.26. The van der Waals surface area contributed by atoms with E-state index in [1.54, 1.807) is 43.4 Å². The molecule has 0 radical (unpaired) electrons. The van der Waals surface area contributed by atoms with Gasteiger partial charge in [-0.05, 0) is 55.4 Å². The van der Waals surface area contributed by atoms with Crippen molar-refractivity contribution in [1.29, 1.82) is 0 Å². The van der Waals surface area contributed by atoms with E-state index in [-0.39, 0.29) is 5.91 Å². The molecule has 0 spiro atoms. The van der Waals surface area contributed by atoms with Crippen molar-refractivity contribution >= 4 is 21.6 Å². The summed E-state index contributed by atoms with van der Waals surface area (Å²) in [5.74, 6) is 0.612. The number of hydrogen-bond donors (Lipinski definition) is 2. The van der Waals surface area contributed by atoms with Gasteiger partial charge in [0.25, 0.3) is 5.91 Å². The van der Waals surface area contributed by atoms with Gasteiger partial charge in [-0.3, -0.25) is 9.52 Å². The second-order valence-electron chi connectivity index (χ2n) is 6.58. The number of carbonyl (C=O) groups is 1. The molecule has 1 amide bonds. The molecule has 0 aliphatic rings. The highest BCUT2D eigenvalue weighted by Crippen LogP contribution is 2.13. The van der Waals surface area contributed by atoms with Gasteiger partial charge in [0.15, 0.2) is 0 Å². The molecule has 0 bridgehead atoms. The van der Waals surface area contributed by atoms with Crippen LogP contribution in [0.15, 0.2) is 48.5 Å². The number of amides is 1. The van der Waals surface area contributed by atoms with Crippen LogP contribution >= 0.6 is 0 Å². The quantitative estimate of drug-likeness (QED) is 0.631. The SMILES string of the molecule is CNC(=O)c1ccc(OCCN(C)CCc2ccc(NS(C)(=O)=O)cc2)cc1. The van der Waals surface area contributed by atoms with E-state index < -0.39 is 10.0 Å². The molecule has 2 rings (SSSR count). The zero-order valence-electron chi connectivity index (χ0n) is 16.4. The molecular weight excluding hydrogens is 378 g/mol. The highest BCUT2D eigenvalue weighted by molar-refractivity contribution is 7.92. The zero-order valence-corrected chi connectivity index (χ0v) is 17.3. The van der Waals surface area contributed by atoms with Gasteiger partial charge in [-0.2, -0.15) is 0 Å². The predicted octanol–water partition coefficient (Wildman–Crippen LogP) is 1.97. The van der Waals surface area contributed by atoms with Gasteiger partial charge in [-0.1, -0.05) is 12.1 Å². The third-order valence-corrected chi connectivity index (χ3v) is 4.73. The highest BCUT2D eigenvalue weighted by atomic mass is 32.2. The van der Waals surface area contributed by atoms with Crippen LogP contribution in [-0.4, -0.2) is 59.3 Å². The maximum Gasteiger partial charge on any atom is 0.251 e. The number of sulfonamides is 1. The van der Waals surface area contributed by atoms with Gasteiger partial charge in [0, 0.05) is 31.4 Å². The molecule has 152 valence electrons. The van der Waals surface area contributed by atoms with Crippen molar-refractivity contribution in [3.8, 4) is 5.75 Å². The molecule has 28 heavy (non-hydrogen) atoms. The minimum atomic E-state index is -3.25. The molecule has 0 atom stereocenters. The van der Waals surface area contributed by atoms with E-state index >= 15 is 0 Å². The average Bonchev–Trinajstić information content (AvgIpc) is 2.66. The third kappa shape index (κ3) is 7.58. The van der Waals surface area contributed by atoms with Crippen molar-refractivity contribution < 1.29 is 17.9 Å². The maximum absolute atomic E-state index is 11.5. The van der Waals surface area contributed by atoms with E-state index in [9.17, 15) is 13.2 Å². The lowest BCUT2D eigenvalue weighted by molar-refractivity contribution is 0.0963. The summed E-state index contributed by atoms with van der Waals surface area (Å²) in [4.78, 5) is 13.7. The number of benzene rings is 2. The number of hydrogen-bond acceptors (Lipinski definition) is 5. The van der Waals surface area contributed by atoms with Crippen LogP contribution in [0.1, 0.15) is 15.9 Å². The summed E-state index contributed by atoms with van der Waals surface area (Å²) in [5, 5.41) is 2.58. The van der Waals surface area contributed by atoms with Gasteiger partial charge in [0.05, 0.1) is 6.26 Å². The number of anilines is 1. The largest absolute Gasteiger partial charge is 0.492 e. The maximum atomic E-state index is 11.5. The summed E-state index contributed by atoms with van der Waals surface area (Å²) in [7, 11) is 0.377. The first-order chi connectivity index (χ1) is 13.3. The normalized spacial score (nSPS) is 11.3. The molecule has 0 saturated carbocycles. The zero-order chi connectivity index (χ0) is 20.6. The topological polar surface area (TPSA) is 87.7 Å². The predicted molar refractivity (Wildman–Crippen MR) is 111 cm³/mol. The number of ether oxygens (including phenoxy) is 1. The fraction of sp³-hybridized carbons (Fsp3) is 0.350. The van der Waals surface area contributed by atoms with Crippen molar-refractivity contribution in [3.05, 3.63) is 59.7 Å². The summed E-state index contributed by atoms with van der Waals surface area (Å²) in [6.07, 6.45) is 1.99. The lowest BCUT2D eigenvalue weighted by Gasteiger charge is -2.17. The molecule has 0 unspecified atom stereocenters. The number of nitrogens with one attached hydrogen (secondary N) is 2. The fourth-order valence-electron chi connectivity index (χ4n) is 2.55. The Morgan fingerprint density at radius 2 is 1.68 bits per heavy atom. The second kappa shape index (κ2) is 10.1. The first kappa shape index (κ1) is 21.7. The molecule has 0 aliphatic carbocycles. The highest BCUT2D eigenvalue weighted by Gasteiger charge is 2.05. The number of carbonyl (C=O) groups excluding carboxylic acids is 1. The van der Waals surface area contributed by atoms with Crippen LogP contribution in [0.25, 0.3) is 0 Å². The second-order valence-corrected chi connectivity index (χ2v) is 8.32. The molecular formula is C20H27N3O4S. The first-order valence-electron chi connectivity index (χ1n) is 8.97. The van der Waals surface area contributed by atoms with Crippen molar-refractivity contribution in [2.24, 2.45) is 0 Å². The molecule has 8 heteroatoms. The van der Waals surface area contributed by atoms with Gasteiger partial charge in [-0.15, -0.1) is 0 Å². The van der Waals surface area contributed by atoms with Crippen LogP contribution < -0.4 is 14.8 Å². The third-order valence-electron chi connectivity index (χ3n) is 4.12. The number of nitrogens with zero attached hydrogens (tertiary/aromatic N) is 1. The summed E-state index contributed by atoms with van der Waals surface area (Å²) in [6, 6.07) is 14.4. The summed E-state index contributed by atoms with van der Waals surface area (Å²) in [5.41, 5.74) is 2.30. The van der Waals surface area contributed by atoms with Crippen molar-refractivity contribution in [2.45, 2.75) is 6.42 Å². The van der Waals surface area contributed by atoms with Crippen molar-refractivity contribution in [2.75, 3.05) is 44.8 Å². The van der Waals surface area contributed by atoms with Crippen LogP contribution in [0.5, 0.6) is 5.75 Å². The van der Waals surface area contributed by atoms with E-state index in [1.807, 2.05) is 19.2 Å². The van der Waals surface area contributed by atoms with Crippen LogP contribution in [0.3, 0.4) is 0 Å². The van der Waals surface area contributed by atoms with Gasteiger partial charge in [0.2, 0.25) is 10.0 Å². The number of likely N-dealkylation sites (N-methyl/N-ethyl adjacent to an activating group) is 1. The van der Waals surface area contributed by atoms with E-state index in [1.165, 1.54) is 0 Å². The molecule has 0 heterocycles. The molecule has 2 aromatic carbocycles. The van der Waals surface area contributed by atoms with E-state index in [4.69, 9.17) is 4.74 Å². The standard InChI is InChI=1S/C20H27N3O4S/c1-21-20(24)17-6-10-19(11-7-17)27-15-14-23(2)13-12-16-4-8-18(9-5-16)22-28(3,25)26/h4-11,22H,12-15H2,1-3H3,(H,21,24). The first-order valence-corrected chi connectivity index (χ1v) is 10.9. The Hall–Kier alpha value is -2.58. The summed E-state index contributed by atoms with van der Waals surface area (Å²) >= 11 is 0. The van der Waals surface area contributed by atoms with Gasteiger partial charge < -0.3 is 15.0 Å². The van der Waals surface area contributed by atoms with Crippen LogP contribution in [0.4, 0.5) is 5.69 Å². The van der Waals surface area contributed by atoms with Gasteiger partial charge in [0.1, 0.15) is 12.4 Å². The van der Waals surface area contributed by atoms with E-state index in [2.05, 4.69) is 14.9 Å². The minimum absolute atomic E-state index is 0.119. The Morgan fingerprint density at radius 1 is 1.04 bits per heavy atom. The Labute approximate surface area is 166 Å². The molecule has 7 nitrogen and oxygen atoms in total. The van der Waals surface area contributed by atoms with Crippen molar-refractivity contribution in [1.82, 2.24) is 10.2 Å². The fourth-order valence-corrected chi connectivity index (χ4v) is 3.12.